The minimum atomic E-state index is -0.615. The molecule has 1 aromatic heterocycles. The number of hydrogen-bond donors (Lipinski definition) is 1. The van der Waals surface area contributed by atoms with Crippen molar-refractivity contribution in [3.05, 3.63) is 37.6 Å². The molecule has 2 unspecified atom stereocenters. The predicted molar refractivity (Wildman–Crippen MR) is 103 cm³/mol. The van der Waals surface area contributed by atoms with Gasteiger partial charge in [0.15, 0.2) is 5.78 Å². The SMILES string of the molecule is COCCCn1c(O)c(C(=O)C2C(C=C(Cl)Cl)C2(C)C)c(C)c(C#N)c1=O. The van der Waals surface area contributed by atoms with Gasteiger partial charge in [-0.3, -0.25) is 14.2 Å². The second-order valence-electron chi connectivity index (χ2n) is 7.26. The van der Waals surface area contributed by atoms with Gasteiger partial charge in [-0.05, 0) is 36.3 Å². The average Bonchev–Trinajstić information content (AvgIpc) is 3.10. The first-order valence-electron chi connectivity index (χ1n) is 8.52. The monoisotopic (exact) mass is 412 g/mol. The van der Waals surface area contributed by atoms with Crippen molar-refractivity contribution in [1.82, 2.24) is 4.57 Å². The molecule has 0 bridgehead atoms. The molecular formula is C19H22Cl2N2O4. The number of Topliss-reactive ketones (excluding diaryl/α,β-unsaturated/α-hetero) is 1. The number of rotatable bonds is 7. The molecule has 1 N–H and O–H groups in total. The Morgan fingerprint density at radius 1 is 1.44 bits per heavy atom. The van der Waals surface area contributed by atoms with E-state index in [1.54, 1.807) is 6.08 Å². The molecule has 1 aromatic rings. The molecule has 1 saturated carbocycles. The summed E-state index contributed by atoms with van der Waals surface area (Å²) in [7, 11) is 1.53. The van der Waals surface area contributed by atoms with Crippen LogP contribution in [0.2, 0.25) is 0 Å². The number of nitriles is 1. The van der Waals surface area contributed by atoms with Crippen molar-refractivity contribution in [2.45, 2.75) is 33.7 Å². The topological polar surface area (TPSA) is 92.3 Å². The van der Waals surface area contributed by atoms with Crippen molar-refractivity contribution in [3.8, 4) is 11.9 Å². The fourth-order valence-electron chi connectivity index (χ4n) is 3.60. The summed E-state index contributed by atoms with van der Waals surface area (Å²) >= 11 is 11.5. The van der Waals surface area contributed by atoms with E-state index in [9.17, 15) is 20.0 Å². The molecule has 6 nitrogen and oxygen atoms in total. The van der Waals surface area contributed by atoms with Crippen molar-refractivity contribution in [1.29, 1.82) is 5.26 Å². The Morgan fingerprint density at radius 3 is 2.59 bits per heavy atom. The molecule has 27 heavy (non-hydrogen) atoms. The number of carbonyl (C=O) groups excluding carboxylic acids is 1. The first-order valence-corrected chi connectivity index (χ1v) is 9.27. The summed E-state index contributed by atoms with van der Waals surface area (Å²) < 4.78 is 6.11. The molecule has 146 valence electrons. The maximum Gasteiger partial charge on any atom is 0.271 e. The van der Waals surface area contributed by atoms with Gasteiger partial charge in [0.1, 0.15) is 16.1 Å². The maximum atomic E-state index is 13.2. The van der Waals surface area contributed by atoms with Gasteiger partial charge in [0.2, 0.25) is 5.88 Å². The highest BCUT2D eigenvalue weighted by atomic mass is 35.5. The van der Waals surface area contributed by atoms with Crippen LogP contribution in [0, 0.1) is 35.5 Å². The summed E-state index contributed by atoms with van der Waals surface area (Å²) in [5, 5.41) is 20.1. The summed E-state index contributed by atoms with van der Waals surface area (Å²) in [5.41, 5.74) is -0.960. The number of methoxy groups -OCH3 is 1. The molecule has 1 aliphatic rings. The van der Waals surface area contributed by atoms with Crippen LogP contribution in [0.25, 0.3) is 0 Å². The fourth-order valence-corrected chi connectivity index (χ4v) is 3.87. The fraction of sp³-hybridized carbons (Fsp3) is 0.526. The van der Waals surface area contributed by atoms with Crippen molar-refractivity contribution >= 4 is 29.0 Å². The number of carbonyl (C=O) groups is 1. The summed E-state index contributed by atoms with van der Waals surface area (Å²) in [5.74, 6) is -1.39. The van der Waals surface area contributed by atoms with E-state index in [1.165, 1.54) is 14.0 Å². The minimum Gasteiger partial charge on any atom is -0.494 e. The number of halogens is 2. The minimum absolute atomic E-state index is 0.00300. The Morgan fingerprint density at radius 2 is 2.07 bits per heavy atom. The van der Waals surface area contributed by atoms with Gasteiger partial charge in [0.25, 0.3) is 5.56 Å². The Bertz CT molecular complexity index is 892. The van der Waals surface area contributed by atoms with Gasteiger partial charge in [-0.1, -0.05) is 37.0 Å². The lowest BCUT2D eigenvalue weighted by atomic mass is 9.96. The van der Waals surface area contributed by atoms with Crippen LogP contribution in [0.15, 0.2) is 15.4 Å². The standard InChI is InChI=1S/C19H22Cl2N2O4/c1-10-11(9-22)17(25)23(6-5-7-27-4)18(26)14(10)16(24)15-12(8-13(20)21)19(15,2)3/h8,12,15,26H,5-7H2,1-4H3. The van der Waals surface area contributed by atoms with E-state index in [4.69, 9.17) is 27.9 Å². The number of nitrogens with zero attached hydrogens (tertiary/aromatic N) is 2. The summed E-state index contributed by atoms with van der Waals surface area (Å²) in [6.45, 7) is 5.82. The normalized spacial score (nSPS) is 20.0. The highest BCUT2D eigenvalue weighted by Crippen LogP contribution is 2.61. The maximum absolute atomic E-state index is 13.2. The van der Waals surface area contributed by atoms with Gasteiger partial charge >= 0.3 is 0 Å². The van der Waals surface area contributed by atoms with E-state index in [-0.39, 0.29) is 39.4 Å². The summed E-state index contributed by atoms with van der Waals surface area (Å²) in [6, 6.07) is 1.86. The quantitative estimate of drug-likeness (QED) is 0.545. The van der Waals surface area contributed by atoms with E-state index in [1.807, 2.05) is 19.9 Å². The molecule has 0 amide bonds. The number of aromatic nitrogens is 1. The molecule has 2 atom stereocenters. The van der Waals surface area contributed by atoms with Crippen LogP contribution in [0.5, 0.6) is 5.88 Å². The lowest BCUT2D eigenvalue weighted by molar-refractivity contribution is 0.0946. The van der Waals surface area contributed by atoms with Crippen LogP contribution in [0.4, 0.5) is 0 Å². The highest BCUT2D eigenvalue weighted by molar-refractivity contribution is 6.55. The molecule has 8 heteroatoms. The number of hydrogen-bond acceptors (Lipinski definition) is 5. The van der Waals surface area contributed by atoms with Crippen molar-refractivity contribution in [2.24, 2.45) is 17.3 Å². The molecule has 0 aliphatic heterocycles. The van der Waals surface area contributed by atoms with Crippen molar-refractivity contribution in [2.75, 3.05) is 13.7 Å². The molecule has 0 aromatic carbocycles. The smallest absolute Gasteiger partial charge is 0.271 e. The molecule has 1 aliphatic carbocycles. The van der Waals surface area contributed by atoms with Gasteiger partial charge in [0.05, 0.1) is 5.56 Å². The summed E-state index contributed by atoms with van der Waals surface area (Å²) in [6.07, 6.45) is 2.06. The first-order chi connectivity index (χ1) is 12.6. The Labute approximate surface area is 168 Å². The van der Waals surface area contributed by atoms with E-state index in [2.05, 4.69) is 0 Å². The van der Waals surface area contributed by atoms with Crippen LogP contribution in [-0.2, 0) is 11.3 Å². The van der Waals surface area contributed by atoms with Crippen LogP contribution in [-0.4, -0.2) is 29.2 Å². The molecule has 1 fully saturated rings. The van der Waals surface area contributed by atoms with Gasteiger partial charge in [-0.15, -0.1) is 0 Å². The van der Waals surface area contributed by atoms with Crippen LogP contribution < -0.4 is 5.56 Å². The molecule has 0 saturated heterocycles. The van der Waals surface area contributed by atoms with Crippen molar-refractivity contribution in [3.63, 3.8) is 0 Å². The van der Waals surface area contributed by atoms with Gasteiger partial charge < -0.3 is 9.84 Å². The van der Waals surface area contributed by atoms with Crippen LogP contribution in [0.3, 0.4) is 0 Å². The van der Waals surface area contributed by atoms with Crippen LogP contribution in [0.1, 0.15) is 41.8 Å². The van der Waals surface area contributed by atoms with E-state index < -0.39 is 22.8 Å². The third-order valence-corrected chi connectivity index (χ3v) is 5.53. The molecule has 1 heterocycles. The second-order valence-corrected chi connectivity index (χ2v) is 8.27. The third kappa shape index (κ3) is 3.91. The van der Waals surface area contributed by atoms with E-state index in [0.717, 1.165) is 4.57 Å². The first kappa shape index (κ1) is 21.5. The second kappa shape index (κ2) is 8.05. The molecule has 0 spiro atoms. The summed E-state index contributed by atoms with van der Waals surface area (Å²) in [4.78, 5) is 25.7. The van der Waals surface area contributed by atoms with Crippen LogP contribution >= 0.6 is 23.2 Å². The number of ether oxygens (including phenoxy) is 1. The lowest BCUT2D eigenvalue weighted by Gasteiger charge is -2.16. The third-order valence-electron chi connectivity index (χ3n) is 5.28. The van der Waals surface area contributed by atoms with Crippen molar-refractivity contribution < 1.29 is 14.6 Å². The number of pyridine rings is 1. The molecular weight excluding hydrogens is 391 g/mol. The van der Waals surface area contributed by atoms with Gasteiger partial charge in [-0.25, -0.2) is 0 Å². The largest absolute Gasteiger partial charge is 0.494 e. The van der Waals surface area contributed by atoms with Gasteiger partial charge in [0, 0.05) is 26.2 Å². The Hall–Kier alpha value is -1.81. The highest BCUT2D eigenvalue weighted by Gasteiger charge is 2.61. The zero-order chi connectivity index (χ0) is 20.5. The van der Waals surface area contributed by atoms with E-state index >= 15 is 0 Å². The number of allylic oxidation sites excluding steroid dienone is 1. The predicted octanol–water partition coefficient (Wildman–Crippen LogP) is 3.54. The molecule has 2 rings (SSSR count). The van der Waals surface area contributed by atoms with E-state index in [0.29, 0.717) is 13.0 Å². The Kier molecular flexibility index (Phi) is 6.41. The number of aromatic hydroxyl groups is 1. The lowest BCUT2D eigenvalue weighted by Crippen LogP contribution is -2.27. The Balaban J connectivity index is 2.55. The number of ketones is 1. The zero-order valence-electron chi connectivity index (χ0n) is 15.7. The zero-order valence-corrected chi connectivity index (χ0v) is 17.2. The average molecular weight is 413 g/mol. The van der Waals surface area contributed by atoms with Gasteiger partial charge in [-0.2, -0.15) is 5.26 Å². The molecule has 0 radical (unpaired) electrons.